The molecule has 0 atom stereocenters. The topological polar surface area (TPSA) is 44.7 Å². The van der Waals surface area contributed by atoms with Gasteiger partial charge in [-0.1, -0.05) is 12.1 Å². The predicted octanol–water partition coefficient (Wildman–Crippen LogP) is 5.24. The second-order valence-electron chi connectivity index (χ2n) is 7.56. The first-order valence-corrected chi connectivity index (χ1v) is 10.6. The van der Waals surface area contributed by atoms with Crippen molar-refractivity contribution in [3.05, 3.63) is 63.3 Å². The number of carbonyl (C=O) groups is 1. The molecule has 0 saturated carbocycles. The van der Waals surface area contributed by atoms with Gasteiger partial charge in [0, 0.05) is 13.1 Å². The molecule has 6 heteroatoms. The summed E-state index contributed by atoms with van der Waals surface area (Å²) >= 11 is 1.28. The Morgan fingerprint density at radius 1 is 1.14 bits per heavy atom. The Balaban J connectivity index is 1.60. The zero-order chi connectivity index (χ0) is 20.5. The van der Waals surface area contributed by atoms with Gasteiger partial charge in [-0.05, 0) is 91.9 Å². The van der Waals surface area contributed by atoms with E-state index in [2.05, 4.69) is 15.2 Å². The average Bonchev–Trinajstić information content (AvgIpc) is 3.32. The Bertz CT molecular complexity index is 1040. The van der Waals surface area contributed by atoms with Crippen LogP contribution in [0.25, 0.3) is 6.08 Å². The highest BCUT2D eigenvalue weighted by atomic mass is 32.2. The van der Waals surface area contributed by atoms with Crippen LogP contribution in [0.3, 0.4) is 0 Å². The van der Waals surface area contributed by atoms with Gasteiger partial charge in [0.05, 0.1) is 16.3 Å². The lowest BCUT2D eigenvalue weighted by molar-refractivity contribution is -0.115. The van der Waals surface area contributed by atoms with Crippen LogP contribution in [0.4, 0.5) is 15.8 Å². The number of nitrogens with zero attached hydrogens (tertiary/aromatic N) is 2. The van der Waals surface area contributed by atoms with Crippen molar-refractivity contribution in [3.63, 3.8) is 0 Å². The highest BCUT2D eigenvalue weighted by molar-refractivity contribution is 8.18. The van der Waals surface area contributed by atoms with Crippen LogP contribution in [0, 0.1) is 26.6 Å². The van der Waals surface area contributed by atoms with E-state index < -0.39 is 0 Å². The molecular formula is C23H24FN3OS. The molecule has 2 saturated heterocycles. The number of aryl methyl sites for hydroxylation is 2. The molecule has 150 valence electrons. The van der Waals surface area contributed by atoms with Crippen LogP contribution in [-0.2, 0) is 4.79 Å². The van der Waals surface area contributed by atoms with Gasteiger partial charge in [0.2, 0.25) is 0 Å². The minimum Gasteiger partial charge on any atom is -0.369 e. The Hall–Kier alpha value is -2.60. The number of thioether (sulfide) groups is 1. The molecule has 1 N–H and O–H groups in total. The molecule has 2 aliphatic rings. The van der Waals surface area contributed by atoms with Crippen molar-refractivity contribution >= 4 is 40.3 Å². The van der Waals surface area contributed by atoms with Gasteiger partial charge in [-0.3, -0.25) is 4.79 Å². The van der Waals surface area contributed by atoms with Gasteiger partial charge >= 0.3 is 0 Å². The zero-order valence-electron chi connectivity index (χ0n) is 16.9. The van der Waals surface area contributed by atoms with E-state index in [0.717, 1.165) is 53.9 Å². The number of amidine groups is 1. The minimum atomic E-state index is -0.239. The lowest BCUT2D eigenvalue weighted by Gasteiger charge is -2.19. The van der Waals surface area contributed by atoms with Crippen molar-refractivity contribution in [1.29, 1.82) is 0 Å². The molecule has 0 spiro atoms. The van der Waals surface area contributed by atoms with E-state index in [1.54, 1.807) is 6.08 Å². The van der Waals surface area contributed by atoms with Crippen LogP contribution in [-0.4, -0.2) is 24.2 Å². The third kappa shape index (κ3) is 4.08. The number of benzene rings is 2. The summed E-state index contributed by atoms with van der Waals surface area (Å²) in [5, 5.41) is 3.36. The Morgan fingerprint density at radius 3 is 2.66 bits per heavy atom. The molecule has 0 unspecified atom stereocenters. The van der Waals surface area contributed by atoms with Gasteiger partial charge in [-0.15, -0.1) is 0 Å². The molecule has 0 aliphatic carbocycles. The van der Waals surface area contributed by atoms with Gasteiger partial charge < -0.3 is 10.2 Å². The number of hydrogen-bond acceptors (Lipinski definition) is 4. The van der Waals surface area contributed by atoms with Gasteiger partial charge in [0.25, 0.3) is 5.91 Å². The summed E-state index contributed by atoms with van der Waals surface area (Å²) < 4.78 is 14.7. The van der Waals surface area contributed by atoms with Crippen LogP contribution >= 0.6 is 11.8 Å². The van der Waals surface area contributed by atoms with Crippen LogP contribution in [0.15, 0.2) is 40.2 Å². The van der Waals surface area contributed by atoms with Gasteiger partial charge in [0.1, 0.15) is 5.82 Å². The van der Waals surface area contributed by atoms with E-state index in [-0.39, 0.29) is 11.7 Å². The molecule has 2 fully saturated rings. The van der Waals surface area contributed by atoms with E-state index in [9.17, 15) is 9.18 Å². The number of carbonyl (C=O) groups excluding carboxylic acids is 1. The van der Waals surface area contributed by atoms with E-state index in [1.807, 2.05) is 45.0 Å². The highest BCUT2D eigenvalue weighted by Gasteiger charge is 2.25. The molecule has 1 amide bonds. The van der Waals surface area contributed by atoms with Gasteiger partial charge in [-0.25, -0.2) is 9.38 Å². The maximum absolute atomic E-state index is 14.7. The summed E-state index contributed by atoms with van der Waals surface area (Å²) in [5.74, 6) is -0.445. The second-order valence-corrected chi connectivity index (χ2v) is 8.59. The maximum atomic E-state index is 14.7. The number of halogens is 1. The molecule has 2 aromatic carbocycles. The van der Waals surface area contributed by atoms with Crippen molar-refractivity contribution in [1.82, 2.24) is 5.32 Å². The molecule has 0 radical (unpaired) electrons. The first kappa shape index (κ1) is 19.7. The molecule has 4 nitrogen and oxygen atoms in total. The van der Waals surface area contributed by atoms with Crippen molar-refractivity contribution in [2.24, 2.45) is 4.99 Å². The van der Waals surface area contributed by atoms with E-state index >= 15 is 0 Å². The van der Waals surface area contributed by atoms with Crippen LogP contribution < -0.4 is 10.2 Å². The highest BCUT2D eigenvalue weighted by Crippen LogP contribution is 2.32. The summed E-state index contributed by atoms with van der Waals surface area (Å²) in [7, 11) is 0. The molecule has 0 bridgehead atoms. The largest absolute Gasteiger partial charge is 0.369 e. The number of nitrogens with one attached hydrogen (secondary N) is 1. The number of amides is 1. The summed E-state index contributed by atoms with van der Waals surface area (Å²) in [4.78, 5) is 19.6. The Kier molecular flexibility index (Phi) is 5.46. The summed E-state index contributed by atoms with van der Waals surface area (Å²) in [5.41, 5.74) is 5.41. The molecule has 4 rings (SSSR count). The third-order valence-electron chi connectivity index (χ3n) is 5.52. The fourth-order valence-electron chi connectivity index (χ4n) is 3.63. The molecule has 2 heterocycles. The quantitative estimate of drug-likeness (QED) is 0.705. The van der Waals surface area contributed by atoms with Crippen molar-refractivity contribution in [2.45, 2.75) is 33.6 Å². The second kappa shape index (κ2) is 8.03. The SMILES string of the molecule is Cc1cc(N2CCCC2)c(F)cc1C=C1SC(=Nc2cccc(C)c2C)NC1=O. The normalized spacial score (nSPS) is 19.4. The first-order chi connectivity index (χ1) is 13.9. The number of aliphatic imine (C=N–C) groups is 1. The van der Waals surface area contributed by atoms with E-state index in [1.165, 1.54) is 17.8 Å². The molecule has 29 heavy (non-hydrogen) atoms. The van der Waals surface area contributed by atoms with Gasteiger partial charge in [0.15, 0.2) is 5.17 Å². The molecule has 0 aromatic heterocycles. The van der Waals surface area contributed by atoms with Gasteiger partial charge in [-0.2, -0.15) is 0 Å². The van der Waals surface area contributed by atoms with Crippen LogP contribution in [0.5, 0.6) is 0 Å². The molecule has 2 aliphatic heterocycles. The average molecular weight is 410 g/mol. The molecule has 2 aromatic rings. The smallest absolute Gasteiger partial charge is 0.264 e. The summed E-state index contributed by atoms with van der Waals surface area (Å²) in [6.07, 6.45) is 3.95. The standard InChI is InChI=1S/C23H24FN3OS/c1-14-7-6-8-19(16(14)3)25-23-26-22(28)21(29-23)13-17-12-18(24)20(11-15(17)2)27-9-4-5-10-27/h6-8,11-13H,4-5,9-10H2,1-3H3,(H,25,26,28). The minimum absolute atomic E-state index is 0.206. The van der Waals surface area contributed by atoms with Crippen molar-refractivity contribution in [3.8, 4) is 0 Å². The number of rotatable bonds is 3. The van der Waals surface area contributed by atoms with Crippen LogP contribution in [0.1, 0.15) is 35.1 Å². The summed E-state index contributed by atoms with van der Waals surface area (Å²) in [6.45, 7) is 7.80. The van der Waals surface area contributed by atoms with Crippen LogP contribution in [0.2, 0.25) is 0 Å². The fraction of sp³-hybridized carbons (Fsp3) is 0.304. The summed E-state index contributed by atoms with van der Waals surface area (Å²) in [6, 6.07) is 9.33. The number of anilines is 1. The Labute approximate surface area is 174 Å². The lowest BCUT2D eigenvalue weighted by Crippen LogP contribution is -2.19. The van der Waals surface area contributed by atoms with E-state index in [4.69, 9.17) is 0 Å². The maximum Gasteiger partial charge on any atom is 0.264 e. The zero-order valence-corrected chi connectivity index (χ0v) is 17.7. The molecular weight excluding hydrogens is 385 g/mol. The fourth-order valence-corrected chi connectivity index (χ4v) is 4.45. The predicted molar refractivity (Wildman–Crippen MR) is 119 cm³/mol. The lowest BCUT2D eigenvalue weighted by atomic mass is 10.1. The monoisotopic (exact) mass is 409 g/mol. The third-order valence-corrected chi connectivity index (χ3v) is 6.43. The first-order valence-electron chi connectivity index (χ1n) is 9.83. The van der Waals surface area contributed by atoms with Crippen molar-refractivity contribution in [2.75, 3.05) is 18.0 Å². The van der Waals surface area contributed by atoms with E-state index in [0.29, 0.717) is 15.8 Å². The van der Waals surface area contributed by atoms with Crippen molar-refractivity contribution < 1.29 is 9.18 Å². The number of hydrogen-bond donors (Lipinski definition) is 1. The Morgan fingerprint density at radius 2 is 1.90 bits per heavy atom.